The number of thiophene rings is 3. The first-order chi connectivity index (χ1) is 45.3. The van der Waals surface area contributed by atoms with E-state index < -0.39 is 0 Å². The number of aliphatic hydroxyl groups excluding tert-OH is 3. The summed E-state index contributed by atoms with van der Waals surface area (Å²) in [6.45, 7) is 34.1. The number of hydrogen-bond donors (Lipinski definition) is 3. The number of aryl methyl sites for hydroxylation is 12. The summed E-state index contributed by atoms with van der Waals surface area (Å²) in [4.78, 5) is 51.9. The van der Waals surface area contributed by atoms with E-state index >= 15 is 0 Å². The number of ketones is 3. The first-order valence-electron chi connectivity index (χ1n) is 31.5. The van der Waals surface area contributed by atoms with Crippen LogP contribution in [0, 0.1) is 101 Å². The minimum Gasteiger partial charge on any atom is -0.512 e. The van der Waals surface area contributed by atoms with Gasteiger partial charge in [0.1, 0.15) is 14.5 Å². The standard InChI is InChI=1S/C24H22NS.C23H20NS.C22H18NS.3C5H8O2.3Ir/c1-14-8-15(2)12-20(11-14)21-7-6-19-13-22(26-24(19)25-21)23-17(4)9-16(3)10-18(23)5;1-14-7-15(2)10-19(9-14)21-6-5-18-13-22(25-23(18)24-21)20-11-16(3)8-17(4)12-20;1-14-4-6-17(7-5-14)21-13-18-8-9-20(23-22(18)24-21)19-11-15(2)10-16(3)12-19;3*1-4(6)3-5(2)7;;;/h6-11,13H,1-5H3;5-9,11-13H,1-4H3;4-11,13H,1-3H3;3*3,6H,1-2H3;;;/q3*-1;;;;;;. The van der Waals surface area contributed by atoms with Crippen LogP contribution >= 0.6 is 34.0 Å². The van der Waals surface area contributed by atoms with E-state index in [1.807, 2.05) is 0 Å². The summed E-state index contributed by atoms with van der Waals surface area (Å²) in [7, 11) is 0. The number of carbonyl (C=O) groups excluding carboxylic acids is 3. The van der Waals surface area contributed by atoms with Gasteiger partial charge in [0, 0.05) is 109 Å². The number of allylic oxidation sites excluding steroid dienone is 6. The van der Waals surface area contributed by atoms with Crippen molar-refractivity contribution in [3.8, 4) is 65.1 Å². The largest absolute Gasteiger partial charge is 0.512 e. The Morgan fingerprint density at radius 3 is 0.929 bits per heavy atom. The molecule has 15 heteroatoms. The molecule has 0 aliphatic heterocycles. The van der Waals surface area contributed by atoms with Crippen LogP contribution in [0.2, 0.25) is 0 Å². The Balaban J connectivity index is 0.000000272. The number of pyridine rings is 3. The van der Waals surface area contributed by atoms with Gasteiger partial charge in [-0.1, -0.05) is 155 Å². The van der Waals surface area contributed by atoms with Gasteiger partial charge in [0.15, 0.2) is 17.3 Å². The molecule has 9 nitrogen and oxygen atoms in total. The number of nitrogens with zero attached hydrogens (tertiary/aromatic N) is 3. The molecule has 0 saturated heterocycles. The predicted molar refractivity (Wildman–Crippen MR) is 406 cm³/mol. The number of fused-ring (bicyclic) bond motifs is 3. The third-order valence-corrected chi connectivity index (χ3v) is 17.7. The number of carbonyl (C=O) groups is 3. The molecule has 0 aliphatic rings. The third kappa shape index (κ3) is 25.7. The summed E-state index contributed by atoms with van der Waals surface area (Å²) in [6, 6.07) is 62.6. The smallest absolute Gasteiger partial charge is 0.155 e. The maximum atomic E-state index is 10.0. The van der Waals surface area contributed by atoms with Crippen molar-refractivity contribution in [3.63, 3.8) is 0 Å². The number of aromatic nitrogens is 3. The van der Waals surface area contributed by atoms with E-state index in [1.54, 1.807) is 34.0 Å². The van der Waals surface area contributed by atoms with Gasteiger partial charge in [-0.25, -0.2) is 0 Å². The number of aliphatic hydroxyl groups is 3. The summed E-state index contributed by atoms with van der Waals surface area (Å²) in [5, 5.41) is 28.7. The minimum atomic E-state index is -0.125. The Kier molecular flexibility index (Phi) is 32.7. The van der Waals surface area contributed by atoms with Crippen LogP contribution in [0.1, 0.15) is 108 Å². The molecule has 0 spiro atoms. The van der Waals surface area contributed by atoms with Crippen molar-refractivity contribution in [2.24, 2.45) is 0 Å². The van der Waals surface area contributed by atoms with Gasteiger partial charge in [-0.05, 0) is 146 Å². The SMILES string of the molecule is CC(=O)C=C(C)O.CC(=O)C=C(C)O.CC(=O)C=C(C)O.Cc1[c-]c(-c2ccc3cc(-c4c(C)cc(C)cc4C)sc3n2)cc(C)c1.Cc1[c-]c(-c2ccc3cc(-c4cc(C)cc(C)c4)sc3n2)cc(C)c1.Cc1[c-]c(-c2ccc3cc(-c4ccc(C)cc4)sc3n2)cc(C)c1.[Ir].[Ir].[Ir]. The fourth-order valence-corrected chi connectivity index (χ4v) is 14.3. The van der Waals surface area contributed by atoms with Crippen molar-refractivity contribution in [2.75, 3.05) is 0 Å². The van der Waals surface area contributed by atoms with E-state index in [4.69, 9.17) is 30.3 Å². The van der Waals surface area contributed by atoms with E-state index in [1.165, 1.54) is 157 Å². The van der Waals surface area contributed by atoms with E-state index in [-0.39, 0.29) is 94.9 Å². The quantitative estimate of drug-likeness (QED) is 0.0729. The molecule has 12 aromatic rings. The van der Waals surface area contributed by atoms with E-state index in [2.05, 4.69) is 247 Å². The summed E-state index contributed by atoms with van der Waals surface area (Å²) in [6.07, 6.45) is 3.50. The Morgan fingerprint density at radius 1 is 0.333 bits per heavy atom. The number of rotatable bonds is 9. The predicted octanol–water partition coefficient (Wildman–Crippen LogP) is 23.1. The fourth-order valence-electron chi connectivity index (χ4n) is 11.0. The molecule has 0 aliphatic carbocycles. The number of hydrogen-bond acceptors (Lipinski definition) is 12. The zero-order chi connectivity index (χ0) is 70.2. The first-order valence-corrected chi connectivity index (χ1v) is 33.9. The van der Waals surface area contributed by atoms with Gasteiger partial charge in [0.05, 0.1) is 17.3 Å². The topological polar surface area (TPSA) is 151 Å². The van der Waals surface area contributed by atoms with Gasteiger partial charge in [-0.3, -0.25) is 29.3 Å². The molecule has 519 valence electrons. The zero-order valence-electron chi connectivity index (χ0n) is 59.2. The molecule has 6 heterocycles. The molecule has 0 saturated carbocycles. The van der Waals surface area contributed by atoms with Crippen LogP contribution in [0.4, 0.5) is 0 Å². The molecule has 0 unspecified atom stereocenters. The zero-order valence-corrected chi connectivity index (χ0v) is 68.9. The molecule has 6 aromatic carbocycles. The second-order valence-electron chi connectivity index (χ2n) is 24.6. The van der Waals surface area contributed by atoms with Gasteiger partial charge in [-0.15, -0.1) is 139 Å². The molecule has 0 bridgehead atoms. The third-order valence-electron chi connectivity index (χ3n) is 14.4. The molecular weight excluding hydrogens is 1820 g/mol. The first kappa shape index (κ1) is 83.6. The van der Waals surface area contributed by atoms with Crippen LogP contribution in [0.25, 0.3) is 95.7 Å². The maximum Gasteiger partial charge on any atom is 0.155 e. The fraction of sp³-hybridized carbons (Fsp3) is 0.214. The van der Waals surface area contributed by atoms with E-state index in [0.717, 1.165) is 65.0 Å². The molecule has 0 fully saturated rings. The van der Waals surface area contributed by atoms with Crippen molar-refractivity contribution in [1.82, 2.24) is 15.0 Å². The Labute approximate surface area is 637 Å². The molecular formula is C84H84Ir3N3O6S3-3. The summed E-state index contributed by atoms with van der Waals surface area (Å²) in [5.41, 5.74) is 25.1. The number of benzene rings is 6. The summed E-state index contributed by atoms with van der Waals surface area (Å²) >= 11 is 5.29. The molecule has 12 rings (SSSR count). The Morgan fingerprint density at radius 2 is 0.626 bits per heavy atom. The molecule has 3 N–H and O–H groups in total. The Bertz CT molecular complexity index is 4690. The molecule has 0 amide bonds. The van der Waals surface area contributed by atoms with Gasteiger partial charge in [0.25, 0.3) is 0 Å². The van der Waals surface area contributed by atoms with Crippen LogP contribution < -0.4 is 0 Å². The second kappa shape index (κ2) is 38.7. The van der Waals surface area contributed by atoms with E-state index in [0.29, 0.717) is 0 Å². The Hall–Kier alpha value is -7.77. The van der Waals surface area contributed by atoms with Crippen molar-refractivity contribution >= 4 is 82.0 Å². The minimum absolute atomic E-state index is 0. The monoisotopic (exact) mass is 1910 g/mol. The van der Waals surface area contributed by atoms with Gasteiger partial charge in [0.2, 0.25) is 0 Å². The molecule has 6 aromatic heterocycles. The van der Waals surface area contributed by atoms with Crippen LogP contribution in [0.15, 0.2) is 181 Å². The second-order valence-corrected chi connectivity index (χ2v) is 27.7. The van der Waals surface area contributed by atoms with Crippen molar-refractivity contribution in [1.29, 1.82) is 0 Å². The summed E-state index contributed by atoms with van der Waals surface area (Å²) in [5.74, 6) is -0.187. The van der Waals surface area contributed by atoms with Crippen LogP contribution in [0.5, 0.6) is 0 Å². The van der Waals surface area contributed by atoms with Gasteiger partial charge < -0.3 is 15.3 Å². The maximum absolute atomic E-state index is 10.0. The molecule has 99 heavy (non-hydrogen) atoms. The van der Waals surface area contributed by atoms with Crippen LogP contribution in [-0.2, 0) is 74.7 Å². The van der Waals surface area contributed by atoms with Crippen LogP contribution in [-0.4, -0.2) is 47.6 Å². The summed E-state index contributed by atoms with van der Waals surface area (Å²) < 4.78 is 0. The van der Waals surface area contributed by atoms with Crippen molar-refractivity contribution < 1.29 is 90.0 Å². The molecule has 0 atom stereocenters. The van der Waals surface area contributed by atoms with Gasteiger partial charge in [-0.2, -0.15) is 0 Å². The van der Waals surface area contributed by atoms with E-state index in [9.17, 15) is 14.4 Å². The van der Waals surface area contributed by atoms with Gasteiger partial charge >= 0.3 is 0 Å². The van der Waals surface area contributed by atoms with Crippen molar-refractivity contribution in [2.45, 2.75) is 125 Å². The average Bonchev–Trinajstić information content (AvgIpc) is 1.67. The normalized spacial score (nSPS) is 10.9. The average molecular weight is 1900 g/mol. The van der Waals surface area contributed by atoms with Crippen molar-refractivity contribution in [3.05, 3.63) is 266 Å². The molecule has 3 radical (unpaired) electrons. The van der Waals surface area contributed by atoms with Crippen LogP contribution in [0.3, 0.4) is 0 Å².